The fourth-order valence-electron chi connectivity index (χ4n) is 2.68. The second-order valence-electron chi connectivity index (χ2n) is 5.55. The molecule has 1 aromatic rings. The number of rotatable bonds is 5. The molecule has 1 aromatic carbocycles. The number of methoxy groups -OCH3 is 1. The first kappa shape index (κ1) is 14.7. The molecule has 4 nitrogen and oxygen atoms in total. The quantitative estimate of drug-likeness (QED) is 0.895. The second-order valence-corrected chi connectivity index (χ2v) is 5.55. The molecule has 20 heavy (non-hydrogen) atoms. The molecular weight excluding hydrogens is 254 g/mol. The molecule has 1 aliphatic rings. The van der Waals surface area contributed by atoms with Gasteiger partial charge in [0.2, 0.25) is 0 Å². The van der Waals surface area contributed by atoms with Gasteiger partial charge in [-0.1, -0.05) is 6.07 Å². The average Bonchev–Trinajstić information content (AvgIpc) is 2.85. The van der Waals surface area contributed by atoms with E-state index in [-0.39, 0.29) is 12.0 Å². The summed E-state index contributed by atoms with van der Waals surface area (Å²) in [6, 6.07) is 7.30. The van der Waals surface area contributed by atoms with Gasteiger partial charge in [0, 0.05) is 0 Å². The van der Waals surface area contributed by atoms with E-state index in [2.05, 4.69) is 6.92 Å². The minimum absolute atomic E-state index is 0.0725. The van der Waals surface area contributed by atoms with E-state index < -0.39 is 6.10 Å². The van der Waals surface area contributed by atoms with Gasteiger partial charge in [0.15, 0.2) is 11.5 Å². The first-order valence-corrected chi connectivity index (χ1v) is 7.00. The molecule has 0 aromatic heterocycles. The predicted molar refractivity (Wildman–Crippen MR) is 75.7 cm³/mol. The normalized spacial score (nSPS) is 18.3. The Morgan fingerprint density at radius 2 is 2.05 bits per heavy atom. The van der Waals surface area contributed by atoms with Crippen molar-refractivity contribution >= 4 is 0 Å². The summed E-state index contributed by atoms with van der Waals surface area (Å²) >= 11 is 0. The lowest BCUT2D eigenvalue weighted by Gasteiger charge is -2.27. The summed E-state index contributed by atoms with van der Waals surface area (Å²) in [4.78, 5) is 0. The van der Waals surface area contributed by atoms with E-state index >= 15 is 0 Å². The minimum Gasteiger partial charge on any atom is -0.493 e. The van der Waals surface area contributed by atoms with Crippen LogP contribution in [0.25, 0.3) is 0 Å². The Morgan fingerprint density at radius 1 is 1.35 bits per heavy atom. The summed E-state index contributed by atoms with van der Waals surface area (Å²) in [5.41, 5.74) is 0.524. The topological polar surface area (TPSA) is 62.5 Å². The molecule has 0 saturated heterocycles. The summed E-state index contributed by atoms with van der Waals surface area (Å²) in [7, 11) is 1.60. The number of ether oxygens (including phenoxy) is 2. The molecule has 1 aliphatic carbocycles. The molecule has 108 valence electrons. The standard InChI is InChI=1S/C16H21NO3/c1-16(8-3-4-9-16)20-15-11-12(13(18)7-10-17)5-6-14(15)19-2/h5-6,11,13,18H,3-4,7-9H2,1-2H3. The van der Waals surface area contributed by atoms with Gasteiger partial charge in [0.25, 0.3) is 0 Å². The second kappa shape index (κ2) is 6.15. The highest BCUT2D eigenvalue weighted by Gasteiger charge is 2.31. The molecule has 1 unspecified atom stereocenters. The molecule has 0 spiro atoms. The van der Waals surface area contributed by atoms with Crippen LogP contribution in [0.4, 0.5) is 0 Å². The third-order valence-electron chi connectivity index (χ3n) is 3.87. The van der Waals surface area contributed by atoms with Gasteiger partial charge in [-0.2, -0.15) is 5.26 Å². The van der Waals surface area contributed by atoms with Crippen molar-refractivity contribution in [3.8, 4) is 17.6 Å². The van der Waals surface area contributed by atoms with Crippen molar-refractivity contribution in [1.29, 1.82) is 5.26 Å². The van der Waals surface area contributed by atoms with Crippen molar-refractivity contribution in [2.45, 2.75) is 50.7 Å². The number of nitriles is 1. The van der Waals surface area contributed by atoms with Crippen LogP contribution in [0, 0.1) is 11.3 Å². The van der Waals surface area contributed by atoms with Crippen LogP contribution in [-0.2, 0) is 0 Å². The van der Waals surface area contributed by atoms with Crippen LogP contribution in [0.5, 0.6) is 11.5 Å². The maximum atomic E-state index is 9.91. The van der Waals surface area contributed by atoms with Gasteiger partial charge < -0.3 is 14.6 Å². The third kappa shape index (κ3) is 3.23. The highest BCUT2D eigenvalue weighted by molar-refractivity contribution is 5.44. The third-order valence-corrected chi connectivity index (χ3v) is 3.87. The molecule has 2 rings (SSSR count). The van der Waals surface area contributed by atoms with Gasteiger partial charge in [-0.3, -0.25) is 0 Å². The number of aliphatic hydroxyl groups excluding tert-OH is 1. The van der Waals surface area contributed by atoms with Gasteiger partial charge in [-0.05, 0) is 50.3 Å². The SMILES string of the molecule is COc1ccc(C(O)CC#N)cc1OC1(C)CCCC1. The first-order valence-electron chi connectivity index (χ1n) is 7.00. The highest BCUT2D eigenvalue weighted by atomic mass is 16.5. The summed E-state index contributed by atoms with van der Waals surface area (Å²) in [6.45, 7) is 2.11. The predicted octanol–water partition coefficient (Wildman–Crippen LogP) is 3.35. The largest absolute Gasteiger partial charge is 0.493 e. The maximum absolute atomic E-state index is 9.91. The monoisotopic (exact) mass is 275 g/mol. The fourth-order valence-corrected chi connectivity index (χ4v) is 2.68. The van der Waals surface area contributed by atoms with Gasteiger partial charge in [-0.15, -0.1) is 0 Å². The Balaban J connectivity index is 2.25. The van der Waals surface area contributed by atoms with Gasteiger partial charge in [-0.25, -0.2) is 0 Å². The zero-order chi connectivity index (χ0) is 14.6. The summed E-state index contributed by atoms with van der Waals surface area (Å²) in [5.74, 6) is 1.30. The van der Waals surface area contributed by atoms with Crippen molar-refractivity contribution in [2.75, 3.05) is 7.11 Å². The average molecular weight is 275 g/mol. The van der Waals surface area contributed by atoms with Crippen LogP contribution in [0.2, 0.25) is 0 Å². The number of hydrogen-bond acceptors (Lipinski definition) is 4. The highest BCUT2D eigenvalue weighted by Crippen LogP contribution is 2.39. The molecule has 0 bridgehead atoms. The number of hydrogen-bond donors (Lipinski definition) is 1. The minimum atomic E-state index is -0.787. The lowest BCUT2D eigenvalue weighted by molar-refractivity contribution is 0.0919. The molecule has 1 N–H and O–H groups in total. The van der Waals surface area contributed by atoms with Crippen LogP contribution in [-0.4, -0.2) is 17.8 Å². The molecule has 1 saturated carbocycles. The van der Waals surface area contributed by atoms with E-state index in [1.54, 1.807) is 25.3 Å². The van der Waals surface area contributed by atoms with Crippen molar-refractivity contribution in [2.24, 2.45) is 0 Å². The molecular formula is C16H21NO3. The lowest BCUT2D eigenvalue weighted by atomic mass is 10.0. The Morgan fingerprint density at radius 3 is 2.65 bits per heavy atom. The lowest BCUT2D eigenvalue weighted by Crippen LogP contribution is -2.28. The van der Waals surface area contributed by atoms with Crippen LogP contribution in [0.15, 0.2) is 18.2 Å². The van der Waals surface area contributed by atoms with E-state index in [0.717, 1.165) is 12.8 Å². The fraction of sp³-hybridized carbons (Fsp3) is 0.562. The molecule has 1 atom stereocenters. The van der Waals surface area contributed by atoms with E-state index in [1.807, 2.05) is 6.07 Å². The van der Waals surface area contributed by atoms with Crippen molar-refractivity contribution in [3.05, 3.63) is 23.8 Å². The Labute approximate surface area is 119 Å². The van der Waals surface area contributed by atoms with Crippen LogP contribution in [0.1, 0.15) is 50.7 Å². The molecule has 0 aliphatic heterocycles. The Hall–Kier alpha value is -1.73. The smallest absolute Gasteiger partial charge is 0.162 e. The first-order chi connectivity index (χ1) is 9.58. The summed E-state index contributed by atoms with van der Waals surface area (Å²) in [5, 5.41) is 18.6. The molecule has 0 heterocycles. The zero-order valence-electron chi connectivity index (χ0n) is 12.1. The number of benzene rings is 1. The van der Waals surface area contributed by atoms with Crippen LogP contribution >= 0.6 is 0 Å². The molecule has 0 amide bonds. The molecule has 0 radical (unpaired) electrons. The van der Waals surface area contributed by atoms with Crippen molar-refractivity contribution in [1.82, 2.24) is 0 Å². The maximum Gasteiger partial charge on any atom is 0.162 e. The van der Waals surface area contributed by atoms with Crippen molar-refractivity contribution in [3.63, 3.8) is 0 Å². The molecule has 1 fully saturated rings. The van der Waals surface area contributed by atoms with E-state index in [4.69, 9.17) is 14.7 Å². The summed E-state index contributed by atoms with van der Waals surface area (Å²) < 4.78 is 11.5. The van der Waals surface area contributed by atoms with Crippen molar-refractivity contribution < 1.29 is 14.6 Å². The Kier molecular flexibility index (Phi) is 4.51. The van der Waals surface area contributed by atoms with Gasteiger partial charge >= 0.3 is 0 Å². The molecule has 4 heteroatoms. The van der Waals surface area contributed by atoms with Gasteiger partial charge in [0.1, 0.15) is 5.60 Å². The van der Waals surface area contributed by atoms with E-state index in [1.165, 1.54) is 12.8 Å². The zero-order valence-corrected chi connectivity index (χ0v) is 12.1. The van der Waals surface area contributed by atoms with Crippen LogP contribution < -0.4 is 9.47 Å². The van der Waals surface area contributed by atoms with Gasteiger partial charge in [0.05, 0.1) is 25.7 Å². The number of nitrogens with zero attached hydrogens (tertiary/aromatic N) is 1. The van der Waals surface area contributed by atoms with E-state index in [9.17, 15) is 5.11 Å². The Bertz CT molecular complexity index is 501. The van der Waals surface area contributed by atoms with E-state index in [0.29, 0.717) is 17.1 Å². The summed E-state index contributed by atoms with van der Waals surface area (Å²) in [6.07, 6.45) is 3.70. The van der Waals surface area contributed by atoms with Crippen LogP contribution in [0.3, 0.4) is 0 Å². The number of aliphatic hydroxyl groups is 1.